The smallest absolute Gasteiger partial charge is 0.338 e. The number of aryl methyl sites for hydroxylation is 1. The monoisotopic (exact) mass is 425 g/mol. The van der Waals surface area contributed by atoms with Crippen LogP contribution in [0.15, 0.2) is 77.7 Å². The summed E-state index contributed by atoms with van der Waals surface area (Å²) in [6.45, 7) is 2.19. The fourth-order valence-electron chi connectivity index (χ4n) is 2.89. The molecule has 3 rings (SSSR count). The molecule has 1 N–H and O–H groups in total. The molecule has 6 nitrogen and oxygen atoms in total. The molecule has 0 unspecified atom stereocenters. The molecule has 0 aliphatic carbocycles. The van der Waals surface area contributed by atoms with Gasteiger partial charge in [0.2, 0.25) is 0 Å². The van der Waals surface area contributed by atoms with Crippen LogP contribution in [0.5, 0.6) is 5.75 Å². The average molecular weight is 426 g/mol. The molecule has 0 amide bonds. The second-order valence-corrected chi connectivity index (χ2v) is 8.37. The highest BCUT2D eigenvalue weighted by Gasteiger charge is 2.18. The summed E-state index contributed by atoms with van der Waals surface area (Å²) in [7, 11) is -2.63. The van der Waals surface area contributed by atoms with E-state index in [4.69, 9.17) is 9.47 Å². The van der Waals surface area contributed by atoms with Gasteiger partial charge in [-0.05, 0) is 42.3 Å². The number of carbonyl (C=O) groups is 1. The van der Waals surface area contributed by atoms with Crippen LogP contribution in [0.25, 0.3) is 0 Å². The van der Waals surface area contributed by atoms with Gasteiger partial charge in [0.05, 0.1) is 29.9 Å². The summed E-state index contributed by atoms with van der Waals surface area (Å²) in [6.07, 6.45) is 0.746. The van der Waals surface area contributed by atoms with Gasteiger partial charge in [0, 0.05) is 12.5 Å². The van der Waals surface area contributed by atoms with Gasteiger partial charge in [0.25, 0.3) is 10.0 Å². The molecule has 7 heteroatoms. The minimum absolute atomic E-state index is 0.0242. The zero-order valence-electron chi connectivity index (χ0n) is 16.8. The Morgan fingerprint density at radius 1 is 0.967 bits per heavy atom. The van der Waals surface area contributed by atoms with E-state index in [1.54, 1.807) is 37.3 Å². The molecule has 30 heavy (non-hydrogen) atoms. The van der Waals surface area contributed by atoms with E-state index in [0.29, 0.717) is 23.6 Å². The fourth-order valence-corrected chi connectivity index (χ4v) is 3.97. The van der Waals surface area contributed by atoms with Gasteiger partial charge in [-0.1, -0.05) is 42.5 Å². The summed E-state index contributed by atoms with van der Waals surface area (Å²) in [6, 6.07) is 21.0. The first-order valence-corrected chi connectivity index (χ1v) is 10.9. The average Bonchev–Trinajstić information content (AvgIpc) is 2.74. The Labute approximate surface area is 176 Å². The number of nitrogens with one attached hydrogen (secondary N) is 1. The molecule has 0 aliphatic heterocycles. The SMILES string of the molecule is COC(=O)c1cc(S(=O)(=O)Nc2cccc(OCCc3ccccc3)c2)ccc1C. The van der Waals surface area contributed by atoms with Crippen molar-refractivity contribution in [2.45, 2.75) is 18.2 Å². The topological polar surface area (TPSA) is 81.7 Å². The highest BCUT2D eigenvalue weighted by atomic mass is 32.2. The van der Waals surface area contributed by atoms with Crippen LogP contribution < -0.4 is 9.46 Å². The molecule has 0 bridgehead atoms. The number of sulfonamides is 1. The molecular formula is C23H23NO5S. The first-order chi connectivity index (χ1) is 14.4. The van der Waals surface area contributed by atoms with Gasteiger partial charge < -0.3 is 9.47 Å². The van der Waals surface area contributed by atoms with Crippen LogP contribution in [0.3, 0.4) is 0 Å². The third-order valence-electron chi connectivity index (χ3n) is 4.51. The number of benzene rings is 3. The van der Waals surface area contributed by atoms with Gasteiger partial charge >= 0.3 is 5.97 Å². The zero-order valence-corrected chi connectivity index (χ0v) is 17.6. The number of ether oxygens (including phenoxy) is 2. The summed E-state index contributed by atoms with van der Waals surface area (Å²) in [5, 5.41) is 0. The van der Waals surface area contributed by atoms with Crippen molar-refractivity contribution in [2.24, 2.45) is 0 Å². The molecule has 0 heterocycles. The lowest BCUT2D eigenvalue weighted by Crippen LogP contribution is -2.14. The van der Waals surface area contributed by atoms with E-state index in [2.05, 4.69) is 4.72 Å². The maximum atomic E-state index is 12.8. The first-order valence-electron chi connectivity index (χ1n) is 9.37. The summed E-state index contributed by atoms with van der Waals surface area (Å²) in [5.74, 6) is -0.0244. The lowest BCUT2D eigenvalue weighted by molar-refractivity contribution is 0.0599. The number of rotatable bonds is 8. The largest absolute Gasteiger partial charge is 0.493 e. The molecule has 156 valence electrons. The van der Waals surface area contributed by atoms with Crippen molar-refractivity contribution in [3.05, 3.63) is 89.5 Å². The first kappa shape index (κ1) is 21.4. The van der Waals surface area contributed by atoms with E-state index >= 15 is 0 Å². The summed E-state index contributed by atoms with van der Waals surface area (Å²) in [4.78, 5) is 11.8. The van der Waals surface area contributed by atoms with Crippen LogP contribution in [0.1, 0.15) is 21.5 Å². The highest BCUT2D eigenvalue weighted by molar-refractivity contribution is 7.92. The molecule has 0 saturated carbocycles. The van der Waals surface area contributed by atoms with E-state index in [1.165, 1.54) is 19.2 Å². The van der Waals surface area contributed by atoms with Gasteiger partial charge in [-0.25, -0.2) is 13.2 Å². The third kappa shape index (κ3) is 5.39. The van der Waals surface area contributed by atoms with E-state index < -0.39 is 16.0 Å². The zero-order chi connectivity index (χ0) is 21.6. The van der Waals surface area contributed by atoms with Crippen LogP contribution in [-0.4, -0.2) is 28.1 Å². The molecule has 3 aromatic rings. The molecule has 0 aliphatic rings. The van der Waals surface area contributed by atoms with Gasteiger partial charge in [0.15, 0.2) is 0 Å². The molecule has 0 radical (unpaired) electrons. The standard InChI is InChI=1S/C23H23NO5S/c1-17-11-12-21(16-22(17)23(25)28-2)30(26,27)24-19-9-6-10-20(15-19)29-14-13-18-7-4-3-5-8-18/h3-12,15-16,24H,13-14H2,1-2H3. The van der Waals surface area contributed by atoms with E-state index in [-0.39, 0.29) is 10.5 Å². The Bertz CT molecular complexity index is 1130. The van der Waals surface area contributed by atoms with Gasteiger partial charge in [-0.15, -0.1) is 0 Å². The van der Waals surface area contributed by atoms with Crippen molar-refractivity contribution in [1.29, 1.82) is 0 Å². The predicted octanol–water partition coefficient (Wildman–Crippen LogP) is 4.20. The molecular weight excluding hydrogens is 402 g/mol. The van der Waals surface area contributed by atoms with Crippen molar-refractivity contribution in [3.63, 3.8) is 0 Å². The van der Waals surface area contributed by atoms with E-state index in [1.807, 2.05) is 30.3 Å². The van der Waals surface area contributed by atoms with Gasteiger partial charge in [-0.3, -0.25) is 4.72 Å². The molecule has 0 saturated heterocycles. The Hall–Kier alpha value is -3.32. The molecule has 3 aromatic carbocycles. The second-order valence-electron chi connectivity index (χ2n) is 6.69. The Morgan fingerprint density at radius 3 is 2.47 bits per heavy atom. The highest BCUT2D eigenvalue weighted by Crippen LogP contribution is 2.23. The molecule has 0 fully saturated rings. The minimum Gasteiger partial charge on any atom is -0.493 e. The summed E-state index contributed by atoms with van der Waals surface area (Å²) >= 11 is 0. The van der Waals surface area contributed by atoms with E-state index in [0.717, 1.165) is 12.0 Å². The van der Waals surface area contributed by atoms with Gasteiger partial charge in [0.1, 0.15) is 5.75 Å². The van der Waals surface area contributed by atoms with Gasteiger partial charge in [-0.2, -0.15) is 0 Å². The fraction of sp³-hybridized carbons (Fsp3) is 0.174. The molecule has 0 spiro atoms. The number of anilines is 1. The summed E-state index contributed by atoms with van der Waals surface area (Å²) < 4.78 is 38.6. The van der Waals surface area contributed by atoms with Crippen molar-refractivity contribution < 1.29 is 22.7 Å². The van der Waals surface area contributed by atoms with Crippen molar-refractivity contribution in [2.75, 3.05) is 18.4 Å². The number of hydrogen-bond acceptors (Lipinski definition) is 5. The number of esters is 1. The van der Waals surface area contributed by atoms with Crippen LogP contribution in [0, 0.1) is 6.92 Å². The van der Waals surface area contributed by atoms with Crippen molar-refractivity contribution in [3.8, 4) is 5.75 Å². The molecule has 0 aromatic heterocycles. The maximum absolute atomic E-state index is 12.8. The quantitative estimate of drug-likeness (QED) is 0.547. The third-order valence-corrected chi connectivity index (χ3v) is 5.89. The number of carbonyl (C=O) groups excluding carboxylic acids is 1. The second kappa shape index (κ2) is 9.45. The van der Waals surface area contributed by atoms with E-state index in [9.17, 15) is 13.2 Å². The van der Waals surface area contributed by atoms with Crippen LogP contribution >= 0.6 is 0 Å². The number of hydrogen-bond donors (Lipinski definition) is 1. The van der Waals surface area contributed by atoms with Crippen LogP contribution in [0.2, 0.25) is 0 Å². The van der Waals surface area contributed by atoms with Crippen molar-refractivity contribution in [1.82, 2.24) is 0 Å². The maximum Gasteiger partial charge on any atom is 0.338 e. The Kier molecular flexibility index (Phi) is 6.74. The van der Waals surface area contributed by atoms with Crippen molar-refractivity contribution >= 4 is 21.7 Å². The van der Waals surface area contributed by atoms with Crippen LogP contribution in [0.4, 0.5) is 5.69 Å². The predicted molar refractivity (Wildman–Crippen MR) is 115 cm³/mol. The molecule has 0 atom stereocenters. The Morgan fingerprint density at radius 2 is 1.73 bits per heavy atom. The Balaban J connectivity index is 1.71. The lowest BCUT2D eigenvalue weighted by atomic mass is 10.1. The lowest BCUT2D eigenvalue weighted by Gasteiger charge is -2.12. The van der Waals surface area contributed by atoms with Crippen LogP contribution in [-0.2, 0) is 21.2 Å². The number of methoxy groups -OCH3 is 1. The summed E-state index contributed by atoms with van der Waals surface area (Å²) in [5.41, 5.74) is 2.37. The minimum atomic E-state index is -3.89. The normalized spacial score (nSPS) is 11.0.